The molecule has 0 unspecified atom stereocenters. The zero-order valence-corrected chi connectivity index (χ0v) is 10.2. The molecule has 6 nitrogen and oxygen atoms in total. The molecule has 0 saturated carbocycles. The van der Waals surface area contributed by atoms with Crippen molar-refractivity contribution in [2.45, 2.75) is 0 Å². The second-order valence-electron chi connectivity index (χ2n) is 4.48. The van der Waals surface area contributed by atoms with E-state index < -0.39 is 5.69 Å². The Balaban J connectivity index is 2.10. The highest BCUT2D eigenvalue weighted by Gasteiger charge is 2.14. The van der Waals surface area contributed by atoms with Crippen LogP contribution in [0.25, 0.3) is 27.9 Å². The van der Waals surface area contributed by atoms with Gasteiger partial charge in [-0.25, -0.2) is 9.89 Å². The van der Waals surface area contributed by atoms with Gasteiger partial charge < -0.3 is 4.42 Å². The summed E-state index contributed by atoms with van der Waals surface area (Å²) in [6.07, 6.45) is 0. The molecular weight excluding hydrogens is 258 g/mol. The van der Waals surface area contributed by atoms with Crippen LogP contribution in [0.3, 0.4) is 0 Å². The van der Waals surface area contributed by atoms with Crippen LogP contribution in [0.5, 0.6) is 0 Å². The van der Waals surface area contributed by atoms with E-state index in [-0.39, 0.29) is 11.1 Å². The summed E-state index contributed by atoms with van der Waals surface area (Å²) in [6, 6.07) is 12.9. The quantitative estimate of drug-likeness (QED) is 0.551. The van der Waals surface area contributed by atoms with Gasteiger partial charge in [0.1, 0.15) is 11.3 Å². The molecular formula is C14H9N3O3. The van der Waals surface area contributed by atoms with Crippen LogP contribution in [0, 0.1) is 0 Å². The Bertz CT molecular complexity index is 1030. The number of fused-ring (bicyclic) bond motifs is 3. The van der Waals surface area contributed by atoms with Crippen molar-refractivity contribution in [1.82, 2.24) is 14.6 Å². The summed E-state index contributed by atoms with van der Waals surface area (Å²) in [4.78, 5) is 23.5. The Hall–Kier alpha value is -3.02. The largest absolute Gasteiger partial charge is 0.454 e. The third-order valence-electron chi connectivity index (χ3n) is 3.27. The normalized spacial score (nSPS) is 11.4. The molecule has 20 heavy (non-hydrogen) atoms. The van der Waals surface area contributed by atoms with Crippen molar-refractivity contribution in [2.24, 2.45) is 0 Å². The van der Waals surface area contributed by atoms with Gasteiger partial charge in [-0.1, -0.05) is 30.3 Å². The van der Waals surface area contributed by atoms with Crippen molar-refractivity contribution in [3.8, 4) is 11.3 Å². The molecule has 4 aromatic rings. The van der Waals surface area contributed by atoms with Gasteiger partial charge in [0.2, 0.25) is 0 Å². The Labute approximate surface area is 111 Å². The molecule has 0 amide bonds. The lowest BCUT2D eigenvalue weighted by Crippen LogP contribution is -2.25. The Morgan fingerprint density at radius 1 is 0.950 bits per heavy atom. The summed E-state index contributed by atoms with van der Waals surface area (Å²) < 4.78 is 7.03. The summed E-state index contributed by atoms with van der Waals surface area (Å²) in [7, 11) is 0. The van der Waals surface area contributed by atoms with E-state index in [0.29, 0.717) is 16.9 Å². The first-order valence-corrected chi connectivity index (χ1v) is 6.05. The number of furan rings is 1. The molecule has 0 saturated heterocycles. The number of nitrogens with zero attached hydrogens (tertiary/aromatic N) is 1. The fourth-order valence-corrected chi connectivity index (χ4v) is 2.35. The van der Waals surface area contributed by atoms with E-state index in [1.165, 1.54) is 4.40 Å². The summed E-state index contributed by atoms with van der Waals surface area (Å²) in [5.41, 5.74) is 1.49. The van der Waals surface area contributed by atoms with Crippen LogP contribution < -0.4 is 11.2 Å². The highest BCUT2D eigenvalue weighted by atomic mass is 16.3. The lowest BCUT2D eigenvalue weighted by atomic mass is 10.2. The van der Waals surface area contributed by atoms with Gasteiger partial charge in [-0.05, 0) is 0 Å². The van der Waals surface area contributed by atoms with Gasteiger partial charge in [0.25, 0.3) is 5.56 Å². The van der Waals surface area contributed by atoms with Crippen LogP contribution in [0.4, 0.5) is 0 Å². The molecule has 98 valence electrons. The first kappa shape index (κ1) is 10.9. The second kappa shape index (κ2) is 3.74. The van der Waals surface area contributed by atoms with Crippen molar-refractivity contribution in [2.75, 3.05) is 0 Å². The van der Waals surface area contributed by atoms with Gasteiger partial charge in [-0.15, -0.1) is 0 Å². The highest BCUT2D eigenvalue weighted by Crippen LogP contribution is 2.28. The maximum Gasteiger partial charge on any atom is 0.345 e. The first-order valence-electron chi connectivity index (χ1n) is 6.05. The van der Waals surface area contributed by atoms with Crippen LogP contribution in [0.1, 0.15) is 0 Å². The minimum Gasteiger partial charge on any atom is -0.454 e. The molecule has 0 atom stereocenters. The van der Waals surface area contributed by atoms with Gasteiger partial charge in [0.15, 0.2) is 5.58 Å². The third-order valence-corrected chi connectivity index (χ3v) is 3.27. The van der Waals surface area contributed by atoms with Crippen LogP contribution >= 0.6 is 0 Å². The SMILES string of the molecule is O=c1[nH][nH]c(=O)n2c1cc1oc(-c3ccccc3)cc12. The molecule has 0 radical (unpaired) electrons. The highest BCUT2D eigenvalue weighted by molar-refractivity contribution is 5.86. The Morgan fingerprint density at radius 3 is 2.55 bits per heavy atom. The van der Waals surface area contributed by atoms with E-state index in [1.807, 2.05) is 30.3 Å². The van der Waals surface area contributed by atoms with E-state index in [0.717, 1.165) is 5.56 Å². The molecule has 2 N–H and O–H groups in total. The number of aromatic nitrogens is 3. The van der Waals surface area contributed by atoms with Crippen LogP contribution in [-0.2, 0) is 0 Å². The van der Waals surface area contributed by atoms with E-state index in [1.54, 1.807) is 12.1 Å². The van der Waals surface area contributed by atoms with E-state index in [2.05, 4.69) is 10.2 Å². The molecule has 3 heterocycles. The first-order chi connectivity index (χ1) is 9.74. The van der Waals surface area contributed by atoms with Gasteiger partial charge in [-0.2, -0.15) is 0 Å². The van der Waals surface area contributed by atoms with E-state index in [4.69, 9.17) is 4.42 Å². The van der Waals surface area contributed by atoms with Crippen LogP contribution in [0.2, 0.25) is 0 Å². The summed E-state index contributed by atoms with van der Waals surface area (Å²) >= 11 is 0. The molecule has 1 aromatic carbocycles. The van der Waals surface area contributed by atoms with Crippen molar-refractivity contribution in [1.29, 1.82) is 0 Å². The van der Waals surface area contributed by atoms with E-state index in [9.17, 15) is 9.59 Å². The van der Waals surface area contributed by atoms with Gasteiger partial charge >= 0.3 is 5.69 Å². The third kappa shape index (κ3) is 1.38. The van der Waals surface area contributed by atoms with Crippen molar-refractivity contribution in [3.63, 3.8) is 0 Å². The van der Waals surface area contributed by atoms with Crippen LogP contribution in [0.15, 0.2) is 56.5 Å². The molecule has 0 aliphatic carbocycles. The predicted octanol–water partition coefficient (Wildman–Crippen LogP) is 1.73. The monoisotopic (exact) mass is 267 g/mol. The average molecular weight is 267 g/mol. The summed E-state index contributed by atoms with van der Waals surface area (Å²) in [5, 5.41) is 4.58. The molecule has 0 bridgehead atoms. The molecule has 0 spiro atoms. The molecule has 3 aromatic heterocycles. The average Bonchev–Trinajstić information content (AvgIpc) is 3.02. The standard InChI is InChI=1S/C14H9N3O3/c18-13-10-7-12-9(17(10)14(19)16-15-13)6-11(20-12)8-4-2-1-3-5-8/h1-7H,(H,15,18)(H,16,19). The molecule has 6 heteroatoms. The second-order valence-corrected chi connectivity index (χ2v) is 4.48. The lowest BCUT2D eigenvalue weighted by Gasteiger charge is -1.94. The minimum absolute atomic E-state index is 0.266. The fourth-order valence-electron chi connectivity index (χ4n) is 2.35. The molecule has 4 rings (SSSR count). The predicted molar refractivity (Wildman–Crippen MR) is 73.8 cm³/mol. The zero-order chi connectivity index (χ0) is 13.7. The zero-order valence-electron chi connectivity index (χ0n) is 10.2. The van der Waals surface area contributed by atoms with Gasteiger partial charge in [-0.3, -0.25) is 14.3 Å². The lowest BCUT2D eigenvalue weighted by molar-refractivity contribution is 0.632. The summed E-state index contributed by atoms with van der Waals surface area (Å²) in [5.74, 6) is 0.657. The number of hydrogen-bond acceptors (Lipinski definition) is 3. The van der Waals surface area contributed by atoms with Crippen molar-refractivity contribution >= 4 is 16.6 Å². The Morgan fingerprint density at radius 2 is 1.75 bits per heavy atom. The van der Waals surface area contributed by atoms with Crippen molar-refractivity contribution in [3.05, 3.63) is 63.3 Å². The number of rotatable bonds is 1. The molecule has 0 aliphatic rings. The maximum absolute atomic E-state index is 11.8. The topological polar surface area (TPSA) is 83.3 Å². The summed E-state index contributed by atoms with van der Waals surface area (Å²) in [6.45, 7) is 0. The smallest absolute Gasteiger partial charge is 0.345 e. The van der Waals surface area contributed by atoms with Crippen LogP contribution in [-0.4, -0.2) is 14.6 Å². The minimum atomic E-state index is -0.407. The number of H-pyrrole nitrogens is 2. The van der Waals surface area contributed by atoms with Crippen molar-refractivity contribution < 1.29 is 4.42 Å². The van der Waals surface area contributed by atoms with Gasteiger partial charge in [0, 0.05) is 17.7 Å². The number of nitrogens with one attached hydrogen (secondary N) is 2. The molecule has 0 aliphatic heterocycles. The Kier molecular flexibility index (Phi) is 2.03. The fraction of sp³-hybridized carbons (Fsp3) is 0. The molecule has 0 fully saturated rings. The van der Waals surface area contributed by atoms with Gasteiger partial charge in [0.05, 0.1) is 5.52 Å². The number of hydrogen-bond donors (Lipinski definition) is 2. The van der Waals surface area contributed by atoms with E-state index >= 15 is 0 Å². The maximum atomic E-state index is 11.8. The number of aromatic amines is 2. The number of benzene rings is 1.